The maximum Gasteiger partial charge on any atom is 0.143 e. The summed E-state index contributed by atoms with van der Waals surface area (Å²) in [5.41, 5.74) is 8.16. The van der Waals surface area contributed by atoms with Crippen molar-refractivity contribution in [1.29, 1.82) is 0 Å². The maximum atomic E-state index is 6.01. The number of nitrogens with two attached hydrogens (primary N) is 1. The van der Waals surface area contributed by atoms with Crippen LogP contribution in [0.3, 0.4) is 0 Å². The van der Waals surface area contributed by atoms with E-state index in [4.69, 9.17) is 22.1 Å². The molecule has 0 atom stereocenters. The Bertz CT molecular complexity index is 800. The first-order chi connectivity index (χ1) is 9.54. The Labute approximate surface area is 129 Å². The average molecular weight is 353 g/mol. The van der Waals surface area contributed by atoms with E-state index in [0.29, 0.717) is 22.2 Å². The molecule has 0 saturated carbocycles. The number of nitrogens with zero attached hydrogens (tertiary/aromatic N) is 2. The first-order valence-corrected chi connectivity index (χ1v) is 7.05. The Kier molecular flexibility index (Phi) is 3.31. The molecule has 0 aliphatic rings. The molecule has 20 heavy (non-hydrogen) atoms. The quantitative estimate of drug-likeness (QED) is 0.697. The minimum Gasteiger partial charge on any atom is -0.456 e. The normalized spacial score (nSPS) is 10.9. The van der Waals surface area contributed by atoms with Gasteiger partial charge in [-0.1, -0.05) is 11.6 Å². The SMILES string of the molecule is Cn1cnc2cc(Oc3cc(Cl)c(N)cc3Br)ccc21. The molecule has 0 saturated heterocycles. The number of fused-ring (bicyclic) bond motifs is 1. The van der Waals surface area contributed by atoms with Crippen LogP contribution in [0.2, 0.25) is 5.02 Å². The zero-order chi connectivity index (χ0) is 14.3. The second kappa shape index (κ2) is 5.00. The van der Waals surface area contributed by atoms with Gasteiger partial charge in [0.25, 0.3) is 0 Å². The van der Waals surface area contributed by atoms with Crippen molar-refractivity contribution in [2.75, 3.05) is 5.73 Å². The maximum absolute atomic E-state index is 6.01. The molecule has 0 aliphatic heterocycles. The minimum absolute atomic E-state index is 0.460. The van der Waals surface area contributed by atoms with Crippen LogP contribution in [-0.2, 0) is 7.05 Å². The summed E-state index contributed by atoms with van der Waals surface area (Å²) in [6, 6.07) is 9.14. The fraction of sp³-hybridized carbons (Fsp3) is 0.0714. The number of benzene rings is 2. The van der Waals surface area contributed by atoms with Gasteiger partial charge in [-0.05, 0) is 34.1 Å². The summed E-state index contributed by atoms with van der Waals surface area (Å²) in [6.07, 6.45) is 1.77. The summed E-state index contributed by atoms with van der Waals surface area (Å²) < 4.78 is 8.53. The number of nitrogen functional groups attached to an aromatic ring is 1. The molecule has 0 unspecified atom stereocenters. The Morgan fingerprint density at radius 2 is 2.10 bits per heavy atom. The van der Waals surface area contributed by atoms with Crippen molar-refractivity contribution >= 4 is 44.3 Å². The monoisotopic (exact) mass is 351 g/mol. The average Bonchev–Trinajstić information content (AvgIpc) is 2.77. The van der Waals surface area contributed by atoms with E-state index in [0.717, 1.165) is 15.5 Å². The lowest BCUT2D eigenvalue weighted by Crippen LogP contribution is -1.91. The summed E-state index contributed by atoms with van der Waals surface area (Å²) >= 11 is 9.42. The molecule has 0 amide bonds. The standard InChI is InChI=1S/C14H11BrClN3O/c1-19-7-18-12-4-8(2-3-13(12)19)20-14-6-10(16)11(17)5-9(14)15/h2-7H,17H2,1H3. The predicted molar refractivity (Wildman–Crippen MR) is 84.4 cm³/mol. The van der Waals surface area contributed by atoms with Gasteiger partial charge < -0.3 is 15.0 Å². The number of hydrogen-bond acceptors (Lipinski definition) is 3. The van der Waals surface area contributed by atoms with Gasteiger partial charge in [-0.3, -0.25) is 0 Å². The predicted octanol–water partition coefficient (Wildman–Crippen LogP) is 4.36. The zero-order valence-electron chi connectivity index (χ0n) is 10.6. The van der Waals surface area contributed by atoms with Crippen LogP contribution in [0, 0.1) is 0 Å². The number of imidazole rings is 1. The fourth-order valence-electron chi connectivity index (χ4n) is 1.93. The molecule has 1 aromatic heterocycles. The van der Waals surface area contributed by atoms with Crippen molar-refractivity contribution in [2.45, 2.75) is 0 Å². The molecular weight excluding hydrogens is 342 g/mol. The summed E-state index contributed by atoms with van der Waals surface area (Å²) in [6.45, 7) is 0. The Hall–Kier alpha value is -1.72. The molecule has 0 aliphatic carbocycles. The Morgan fingerprint density at radius 1 is 1.30 bits per heavy atom. The first kappa shape index (κ1) is 13.3. The van der Waals surface area contributed by atoms with Gasteiger partial charge >= 0.3 is 0 Å². The number of ether oxygens (including phenoxy) is 1. The molecule has 2 aromatic carbocycles. The lowest BCUT2D eigenvalue weighted by Gasteiger charge is -2.09. The molecule has 102 valence electrons. The fourth-order valence-corrected chi connectivity index (χ4v) is 2.52. The topological polar surface area (TPSA) is 53.1 Å². The summed E-state index contributed by atoms with van der Waals surface area (Å²) in [7, 11) is 1.95. The van der Waals surface area contributed by atoms with E-state index in [-0.39, 0.29) is 0 Å². The largest absolute Gasteiger partial charge is 0.456 e. The Morgan fingerprint density at radius 3 is 2.90 bits per heavy atom. The van der Waals surface area contributed by atoms with Crippen LogP contribution in [0.4, 0.5) is 5.69 Å². The lowest BCUT2D eigenvalue weighted by molar-refractivity contribution is 0.480. The second-order valence-electron chi connectivity index (χ2n) is 4.41. The third kappa shape index (κ3) is 2.34. The van der Waals surface area contributed by atoms with E-state index in [9.17, 15) is 0 Å². The van der Waals surface area contributed by atoms with Crippen LogP contribution >= 0.6 is 27.5 Å². The van der Waals surface area contributed by atoms with Crippen molar-refractivity contribution in [3.05, 3.63) is 46.2 Å². The van der Waals surface area contributed by atoms with E-state index in [2.05, 4.69) is 20.9 Å². The highest BCUT2D eigenvalue weighted by Crippen LogP contribution is 2.36. The van der Waals surface area contributed by atoms with Crippen LogP contribution < -0.4 is 10.5 Å². The van der Waals surface area contributed by atoms with Crippen molar-refractivity contribution in [2.24, 2.45) is 7.05 Å². The number of aromatic nitrogens is 2. The molecule has 1 heterocycles. The summed E-state index contributed by atoms with van der Waals surface area (Å²) in [4.78, 5) is 4.30. The van der Waals surface area contributed by atoms with Gasteiger partial charge in [0.1, 0.15) is 11.5 Å². The van der Waals surface area contributed by atoms with Crippen molar-refractivity contribution < 1.29 is 4.74 Å². The van der Waals surface area contributed by atoms with E-state index < -0.39 is 0 Å². The van der Waals surface area contributed by atoms with Gasteiger partial charge in [0.2, 0.25) is 0 Å². The first-order valence-electron chi connectivity index (χ1n) is 5.88. The van der Waals surface area contributed by atoms with Gasteiger partial charge in [-0.15, -0.1) is 0 Å². The number of hydrogen-bond donors (Lipinski definition) is 1. The Balaban J connectivity index is 1.98. The minimum atomic E-state index is 0.460. The highest BCUT2D eigenvalue weighted by molar-refractivity contribution is 9.10. The van der Waals surface area contributed by atoms with E-state index >= 15 is 0 Å². The highest BCUT2D eigenvalue weighted by Gasteiger charge is 2.08. The smallest absolute Gasteiger partial charge is 0.143 e. The van der Waals surface area contributed by atoms with Gasteiger partial charge in [0.15, 0.2) is 0 Å². The van der Waals surface area contributed by atoms with Crippen molar-refractivity contribution in [3.63, 3.8) is 0 Å². The van der Waals surface area contributed by atoms with Gasteiger partial charge in [0, 0.05) is 19.2 Å². The highest BCUT2D eigenvalue weighted by atomic mass is 79.9. The molecule has 0 radical (unpaired) electrons. The molecule has 3 rings (SSSR count). The number of halogens is 2. The third-order valence-corrected chi connectivity index (χ3v) is 3.92. The van der Waals surface area contributed by atoms with Gasteiger partial charge in [-0.2, -0.15) is 0 Å². The second-order valence-corrected chi connectivity index (χ2v) is 5.67. The molecule has 4 nitrogen and oxygen atoms in total. The number of aryl methyl sites for hydroxylation is 1. The molecule has 0 spiro atoms. The molecule has 2 N–H and O–H groups in total. The molecule has 6 heteroatoms. The van der Waals surface area contributed by atoms with Crippen LogP contribution in [0.25, 0.3) is 11.0 Å². The lowest BCUT2D eigenvalue weighted by atomic mass is 10.3. The van der Waals surface area contributed by atoms with Crippen LogP contribution in [-0.4, -0.2) is 9.55 Å². The van der Waals surface area contributed by atoms with Crippen LogP contribution in [0.15, 0.2) is 41.1 Å². The number of anilines is 1. The van der Waals surface area contributed by atoms with Crippen LogP contribution in [0.5, 0.6) is 11.5 Å². The summed E-state index contributed by atoms with van der Waals surface area (Å²) in [5.74, 6) is 1.30. The van der Waals surface area contributed by atoms with Crippen molar-refractivity contribution in [3.8, 4) is 11.5 Å². The van der Waals surface area contributed by atoms with E-state index in [1.165, 1.54) is 0 Å². The zero-order valence-corrected chi connectivity index (χ0v) is 12.9. The molecule has 3 aromatic rings. The molecule has 0 bridgehead atoms. The van der Waals surface area contributed by atoms with Crippen molar-refractivity contribution in [1.82, 2.24) is 9.55 Å². The number of rotatable bonds is 2. The van der Waals surface area contributed by atoms with Gasteiger partial charge in [0.05, 0.1) is 32.5 Å². The third-order valence-electron chi connectivity index (χ3n) is 2.98. The summed E-state index contributed by atoms with van der Waals surface area (Å²) in [5, 5.41) is 0.460. The van der Waals surface area contributed by atoms with Gasteiger partial charge in [-0.25, -0.2) is 4.98 Å². The molecular formula is C14H11BrClN3O. The van der Waals surface area contributed by atoms with E-state index in [1.807, 2.05) is 29.8 Å². The van der Waals surface area contributed by atoms with E-state index in [1.54, 1.807) is 18.5 Å². The molecule has 0 fully saturated rings. The van der Waals surface area contributed by atoms with Crippen LogP contribution in [0.1, 0.15) is 0 Å².